The summed E-state index contributed by atoms with van der Waals surface area (Å²) in [6.45, 7) is 1.68. The van der Waals surface area contributed by atoms with E-state index in [1.165, 1.54) is 11.6 Å². The summed E-state index contributed by atoms with van der Waals surface area (Å²) in [6, 6.07) is -1.06. The molecule has 1 unspecified atom stereocenters. The van der Waals surface area contributed by atoms with Crippen LogP contribution in [0, 0.1) is 0 Å². The van der Waals surface area contributed by atoms with Gasteiger partial charge in [0.05, 0.1) is 6.61 Å². The van der Waals surface area contributed by atoms with Gasteiger partial charge in [0.25, 0.3) is 5.91 Å². The van der Waals surface area contributed by atoms with Crippen molar-refractivity contribution in [1.29, 1.82) is 0 Å². The molecule has 0 aliphatic carbocycles. The van der Waals surface area contributed by atoms with Gasteiger partial charge in [-0.3, -0.25) is 9.63 Å². The van der Waals surface area contributed by atoms with Crippen LogP contribution in [0.25, 0.3) is 0 Å². The fraction of sp³-hybridized carbons (Fsp3) is 0.429. The number of halogens is 1. The number of carbonyl (C=O) groups excluding carboxylic acids is 2. The van der Waals surface area contributed by atoms with Crippen LogP contribution in [0.3, 0.4) is 0 Å². The Hall–Kier alpha value is -1.07. The van der Waals surface area contributed by atoms with Gasteiger partial charge in [-0.05, 0) is 13.0 Å². The highest BCUT2D eigenvalue weighted by molar-refractivity contribution is 6.25. The van der Waals surface area contributed by atoms with Gasteiger partial charge < -0.3 is 5.32 Å². The number of hydrogen-bond donors (Lipinski definition) is 1. The van der Waals surface area contributed by atoms with E-state index in [0.29, 0.717) is 5.06 Å². The summed E-state index contributed by atoms with van der Waals surface area (Å²) in [5, 5.41) is 3.09. The van der Waals surface area contributed by atoms with Crippen molar-refractivity contribution in [3.63, 3.8) is 0 Å². The van der Waals surface area contributed by atoms with Crippen molar-refractivity contribution in [1.82, 2.24) is 10.4 Å². The zero-order chi connectivity index (χ0) is 9.84. The fourth-order valence-electron chi connectivity index (χ4n) is 0.858. The highest BCUT2D eigenvalue weighted by atomic mass is 35.5. The molecule has 3 amide bonds. The van der Waals surface area contributed by atoms with Crippen LogP contribution < -0.4 is 5.32 Å². The van der Waals surface area contributed by atoms with Crippen LogP contribution in [0.4, 0.5) is 4.79 Å². The second-order valence-electron chi connectivity index (χ2n) is 2.46. The largest absolute Gasteiger partial charge is 0.349 e. The molecule has 1 rings (SSSR count). The average Bonchev–Trinajstić information content (AvgIpc) is 2.32. The summed E-state index contributed by atoms with van der Waals surface area (Å²) in [4.78, 5) is 27.0. The average molecular weight is 205 g/mol. The van der Waals surface area contributed by atoms with Gasteiger partial charge in [0, 0.05) is 5.54 Å². The molecule has 1 N–H and O–H groups in total. The minimum absolute atomic E-state index is 0.0926. The SMILES string of the molecule is CC1NC(=O)N(OC/C=C/Cl)C1=O. The molecule has 0 saturated carbocycles. The van der Waals surface area contributed by atoms with Gasteiger partial charge in [-0.1, -0.05) is 11.6 Å². The molecule has 1 atom stereocenters. The molecule has 1 aliphatic rings. The van der Waals surface area contributed by atoms with Gasteiger partial charge >= 0.3 is 6.03 Å². The third-order valence-corrected chi connectivity index (χ3v) is 1.66. The van der Waals surface area contributed by atoms with Gasteiger partial charge in [0.15, 0.2) is 0 Å². The van der Waals surface area contributed by atoms with Crippen molar-refractivity contribution in [2.75, 3.05) is 6.61 Å². The molecule has 0 aromatic heterocycles. The van der Waals surface area contributed by atoms with Crippen LogP contribution in [0.1, 0.15) is 6.92 Å². The van der Waals surface area contributed by atoms with Crippen molar-refractivity contribution in [2.24, 2.45) is 0 Å². The van der Waals surface area contributed by atoms with Crippen LogP contribution in [0.2, 0.25) is 0 Å². The predicted molar refractivity (Wildman–Crippen MR) is 45.8 cm³/mol. The number of hydrogen-bond acceptors (Lipinski definition) is 3. The molecule has 0 radical (unpaired) electrons. The number of urea groups is 1. The maximum atomic E-state index is 11.2. The van der Waals surface area contributed by atoms with E-state index in [0.717, 1.165) is 0 Å². The Morgan fingerprint density at radius 2 is 2.38 bits per heavy atom. The lowest BCUT2D eigenvalue weighted by atomic mass is 10.4. The van der Waals surface area contributed by atoms with Crippen molar-refractivity contribution >= 4 is 23.5 Å². The highest BCUT2D eigenvalue weighted by Gasteiger charge is 2.36. The molecule has 5 nitrogen and oxygen atoms in total. The van der Waals surface area contributed by atoms with Crippen molar-refractivity contribution in [3.05, 3.63) is 11.6 Å². The minimum atomic E-state index is -0.541. The van der Waals surface area contributed by atoms with Gasteiger partial charge in [-0.2, -0.15) is 0 Å². The Balaban J connectivity index is 2.49. The van der Waals surface area contributed by atoms with Gasteiger partial charge in [-0.25, -0.2) is 4.79 Å². The summed E-state index contributed by atoms with van der Waals surface area (Å²) in [6.07, 6.45) is 1.48. The third-order valence-electron chi connectivity index (χ3n) is 1.48. The molecular formula is C7H9ClN2O3. The topological polar surface area (TPSA) is 58.6 Å². The van der Waals surface area contributed by atoms with Crippen molar-refractivity contribution < 1.29 is 14.4 Å². The number of rotatable bonds is 3. The van der Waals surface area contributed by atoms with E-state index in [4.69, 9.17) is 16.4 Å². The Labute approximate surface area is 80.2 Å². The third kappa shape index (κ3) is 2.19. The van der Waals surface area contributed by atoms with Gasteiger partial charge in [0.1, 0.15) is 6.04 Å². The standard InChI is InChI=1S/C7H9ClN2O3/c1-5-6(11)10(7(12)9-5)13-4-2-3-8/h2-3,5H,4H2,1H3,(H,9,12)/b3-2+. The molecule has 1 saturated heterocycles. The second kappa shape index (κ2) is 4.25. The van der Waals surface area contributed by atoms with E-state index < -0.39 is 18.0 Å². The first kappa shape index (κ1) is 10.0. The zero-order valence-electron chi connectivity index (χ0n) is 6.99. The lowest BCUT2D eigenvalue weighted by Crippen LogP contribution is -2.31. The van der Waals surface area contributed by atoms with Crippen LogP contribution in [0.5, 0.6) is 0 Å². The van der Waals surface area contributed by atoms with E-state index in [9.17, 15) is 9.59 Å². The molecule has 72 valence electrons. The molecular weight excluding hydrogens is 196 g/mol. The molecule has 1 heterocycles. The van der Waals surface area contributed by atoms with Crippen LogP contribution in [-0.4, -0.2) is 29.7 Å². The molecule has 0 aromatic carbocycles. The van der Waals surface area contributed by atoms with Crippen LogP contribution in [-0.2, 0) is 9.63 Å². The Bertz CT molecular complexity index is 254. The van der Waals surface area contributed by atoms with Crippen molar-refractivity contribution in [3.8, 4) is 0 Å². The van der Waals surface area contributed by atoms with E-state index in [2.05, 4.69) is 5.32 Å². The lowest BCUT2D eigenvalue weighted by Gasteiger charge is -2.09. The van der Waals surface area contributed by atoms with E-state index in [-0.39, 0.29) is 6.61 Å². The Morgan fingerprint density at radius 1 is 1.69 bits per heavy atom. The number of amides is 3. The number of nitrogens with one attached hydrogen (secondary N) is 1. The molecule has 1 aliphatic heterocycles. The summed E-state index contributed by atoms with van der Waals surface area (Å²) in [7, 11) is 0. The Morgan fingerprint density at radius 3 is 2.85 bits per heavy atom. The zero-order valence-corrected chi connectivity index (χ0v) is 7.75. The minimum Gasteiger partial charge on any atom is -0.324 e. The quantitative estimate of drug-likeness (QED) is 0.686. The monoisotopic (exact) mass is 204 g/mol. The van der Waals surface area contributed by atoms with E-state index in [1.807, 2.05) is 0 Å². The number of imide groups is 1. The van der Waals surface area contributed by atoms with Crippen LogP contribution >= 0.6 is 11.6 Å². The summed E-state index contributed by atoms with van der Waals surface area (Å²) in [5.74, 6) is -0.395. The van der Waals surface area contributed by atoms with Gasteiger partial charge in [-0.15, -0.1) is 5.06 Å². The molecule has 13 heavy (non-hydrogen) atoms. The first-order valence-electron chi connectivity index (χ1n) is 3.69. The number of nitrogens with zero attached hydrogens (tertiary/aromatic N) is 1. The molecule has 0 aromatic rings. The fourth-order valence-corrected chi connectivity index (χ4v) is 0.930. The first-order chi connectivity index (χ1) is 6.16. The highest BCUT2D eigenvalue weighted by Crippen LogP contribution is 2.05. The smallest absolute Gasteiger partial charge is 0.324 e. The van der Waals surface area contributed by atoms with Crippen LogP contribution in [0.15, 0.2) is 11.6 Å². The second-order valence-corrected chi connectivity index (χ2v) is 2.71. The summed E-state index contributed by atoms with van der Waals surface area (Å²) >= 11 is 5.22. The number of carbonyl (C=O) groups is 2. The Kier molecular flexibility index (Phi) is 3.27. The molecule has 0 bridgehead atoms. The van der Waals surface area contributed by atoms with Crippen molar-refractivity contribution in [2.45, 2.75) is 13.0 Å². The maximum Gasteiger partial charge on any atom is 0.349 e. The predicted octanol–water partition coefficient (Wildman–Crippen LogP) is 0.611. The molecule has 6 heteroatoms. The van der Waals surface area contributed by atoms with E-state index in [1.54, 1.807) is 6.92 Å². The molecule has 0 spiro atoms. The summed E-state index contributed by atoms with van der Waals surface area (Å²) in [5.41, 5.74) is 1.25. The lowest BCUT2D eigenvalue weighted by molar-refractivity contribution is -0.160. The van der Waals surface area contributed by atoms with Gasteiger partial charge in [0.2, 0.25) is 0 Å². The first-order valence-corrected chi connectivity index (χ1v) is 4.13. The summed E-state index contributed by atoms with van der Waals surface area (Å²) < 4.78 is 0. The molecule has 1 fully saturated rings. The maximum absolute atomic E-state index is 11.2. The normalized spacial score (nSPS) is 22.9. The van der Waals surface area contributed by atoms with E-state index >= 15 is 0 Å². The number of hydroxylamine groups is 2.